The molecule has 0 aliphatic rings. The number of aromatic nitrogens is 1. The van der Waals surface area contributed by atoms with Gasteiger partial charge in [0.1, 0.15) is 0 Å². The van der Waals surface area contributed by atoms with E-state index in [4.69, 9.17) is 0 Å². The number of fused-ring (bicyclic) bond motifs is 9. The molecule has 0 aliphatic carbocycles. The molecule has 0 bridgehead atoms. The highest BCUT2D eigenvalue weighted by Gasteiger charge is 2.12. The Morgan fingerprint density at radius 2 is 1.03 bits per heavy atom. The van der Waals surface area contributed by atoms with Crippen LogP contribution in [0.2, 0.25) is 0 Å². The lowest BCUT2D eigenvalue weighted by atomic mass is 9.92. The second kappa shape index (κ2) is 6.94. The number of nitriles is 1. The first-order valence-corrected chi connectivity index (χ1v) is 11.5. The fraction of sp³-hybridized carbons (Fsp3) is 0.0312. The van der Waals surface area contributed by atoms with E-state index < -0.39 is 0 Å². The summed E-state index contributed by atoms with van der Waals surface area (Å²) in [6, 6.07) is 39.1. The average molecular weight is 433 g/mol. The number of aryl methyl sites for hydroxylation is 1. The molecule has 6 aromatic carbocycles. The van der Waals surface area contributed by atoms with Crippen LogP contribution in [-0.2, 0) is 7.05 Å². The van der Waals surface area contributed by atoms with E-state index in [1.165, 1.54) is 59.7 Å². The summed E-state index contributed by atoms with van der Waals surface area (Å²) in [4.78, 5) is 0. The maximum absolute atomic E-state index is 9.32. The van der Waals surface area contributed by atoms with E-state index in [0.717, 1.165) is 5.52 Å². The van der Waals surface area contributed by atoms with Gasteiger partial charge < -0.3 is 4.57 Å². The zero-order chi connectivity index (χ0) is 22.8. The van der Waals surface area contributed by atoms with Gasteiger partial charge in [0.2, 0.25) is 0 Å². The molecular formula is C32H20N2. The fourth-order valence-corrected chi connectivity index (χ4v) is 5.55. The van der Waals surface area contributed by atoms with Crippen molar-refractivity contribution in [3.05, 3.63) is 109 Å². The van der Waals surface area contributed by atoms with Crippen molar-refractivity contribution >= 4 is 54.1 Å². The van der Waals surface area contributed by atoms with Crippen molar-refractivity contribution in [1.29, 1.82) is 5.26 Å². The van der Waals surface area contributed by atoms with Crippen LogP contribution in [0.15, 0.2) is 103 Å². The van der Waals surface area contributed by atoms with Crippen LogP contribution in [0.25, 0.3) is 65.3 Å². The Labute approximate surface area is 196 Å². The number of hydrogen-bond donors (Lipinski definition) is 0. The van der Waals surface area contributed by atoms with Crippen molar-refractivity contribution < 1.29 is 0 Å². The summed E-state index contributed by atoms with van der Waals surface area (Å²) in [6.07, 6.45) is 0. The zero-order valence-corrected chi connectivity index (χ0v) is 18.7. The largest absolute Gasteiger partial charge is 0.344 e. The van der Waals surface area contributed by atoms with Crippen LogP contribution in [0.5, 0.6) is 0 Å². The molecule has 0 radical (unpaired) electrons. The van der Waals surface area contributed by atoms with Gasteiger partial charge >= 0.3 is 0 Å². The fourth-order valence-electron chi connectivity index (χ4n) is 5.55. The summed E-state index contributed by atoms with van der Waals surface area (Å²) < 4.78 is 2.18. The van der Waals surface area contributed by atoms with Crippen LogP contribution in [0.1, 0.15) is 5.56 Å². The smallest absolute Gasteiger partial charge is 0.0992 e. The molecule has 0 atom stereocenters. The SMILES string of the molecule is Cn1c2ccc(-c3ccc4c5ccccc5c5ccccc5c4c3)cc2c2ccc(C#N)cc21. The third-order valence-corrected chi connectivity index (χ3v) is 7.21. The predicted molar refractivity (Wildman–Crippen MR) is 143 cm³/mol. The van der Waals surface area contributed by atoms with Crippen molar-refractivity contribution in [2.75, 3.05) is 0 Å². The van der Waals surface area contributed by atoms with Crippen molar-refractivity contribution in [3.63, 3.8) is 0 Å². The molecule has 34 heavy (non-hydrogen) atoms. The number of nitrogens with zero attached hydrogens (tertiary/aromatic N) is 2. The molecule has 0 N–H and O–H groups in total. The molecule has 0 saturated heterocycles. The Morgan fingerprint density at radius 3 is 1.68 bits per heavy atom. The third-order valence-electron chi connectivity index (χ3n) is 7.21. The Kier molecular flexibility index (Phi) is 3.86. The van der Waals surface area contributed by atoms with Gasteiger partial charge in [-0.3, -0.25) is 0 Å². The topological polar surface area (TPSA) is 28.7 Å². The van der Waals surface area contributed by atoms with Crippen LogP contribution >= 0.6 is 0 Å². The van der Waals surface area contributed by atoms with Gasteiger partial charge in [0.05, 0.1) is 17.1 Å². The van der Waals surface area contributed by atoms with Crippen LogP contribution in [0, 0.1) is 11.3 Å². The van der Waals surface area contributed by atoms with Gasteiger partial charge in [0.25, 0.3) is 0 Å². The maximum atomic E-state index is 9.32. The second-order valence-electron chi connectivity index (χ2n) is 8.99. The van der Waals surface area contributed by atoms with Crippen LogP contribution in [0.3, 0.4) is 0 Å². The molecule has 0 aliphatic heterocycles. The summed E-state index contributed by atoms with van der Waals surface area (Å²) in [7, 11) is 2.07. The van der Waals surface area contributed by atoms with Crippen molar-refractivity contribution in [1.82, 2.24) is 4.57 Å². The van der Waals surface area contributed by atoms with Gasteiger partial charge in [0.15, 0.2) is 0 Å². The van der Waals surface area contributed by atoms with Crippen molar-refractivity contribution in [3.8, 4) is 17.2 Å². The second-order valence-corrected chi connectivity index (χ2v) is 8.99. The Bertz CT molecular complexity index is 1950. The molecule has 2 heteroatoms. The first kappa shape index (κ1) is 18.9. The molecule has 2 nitrogen and oxygen atoms in total. The minimum atomic E-state index is 0.687. The van der Waals surface area contributed by atoms with Gasteiger partial charge in [-0.15, -0.1) is 0 Å². The van der Waals surface area contributed by atoms with E-state index in [1.807, 2.05) is 12.1 Å². The van der Waals surface area contributed by atoms with Crippen molar-refractivity contribution in [2.45, 2.75) is 0 Å². The van der Waals surface area contributed by atoms with Gasteiger partial charge in [-0.2, -0.15) is 5.26 Å². The summed E-state index contributed by atoms with van der Waals surface area (Å²) in [6.45, 7) is 0. The highest BCUT2D eigenvalue weighted by Crippen LogP contribution is 2.38. The standard InChI is InChI=1S/C32H20N2/c1-34-31-15-12-22(18-30(31)28-13-10-20(19-33)16-32(28)34)21-11-14-27-25-8-3-2-6-23(25)24-7-4-5-9-26(24)29(27)17-21/h2-18H,1H3. The summed E-state index contributed by atoms with van der Waals surface area (Å²) in [5, 5.41) is 19.4. The van der Waals surface area contributed by atoms with E-state index >= 15 is 0 Å². The van der Waals surface area contributed by atoms with Crippen LogP contribution < -0.4 is 0 Å². The zero-order valence-electron chi connectivity index (χ0n) is 18.7. The van der Waals surface area contributed by atoms with E-state index in [2.05, 4.69) is 109 Å². The highest BCUT2D eigenvalue weighted by atomic mass is 14.9. The summed E-state index contributed by atoms with van der Waals surface area (Å²) >= 11 is 0. The number of hydrogen-bond acceptors (Lipinski definition) is 1. The lowest BCUT2D eigenvalue weighted by Gasteiger charge is -2.12. The van der Waals surface area contributed by atoms with Gasteiger partial charge in [-0.05, 0) is 73.8 Å². The predicted octanol–water partition coefficient (Wildman–Crippen LogP) is 8.33. The molecule has 1 heterocycles. The highest BCUT2D eigenvalue weighted by molar-refractivity contribution is 6.25. The minimum absolute atomic E-state index is 0.687. The molecule has 158 valence electrons. The third kappa shape index (κ3) is 2.56. The molecule has 0 fully saturated rings. The minimum Gasteiger partial charge on any atom is -0.344 e. The quantitative estimate of drug-likeness (QED) is 0.240. The van der Waals surface area contributed by atoms with Gasteiger partial charge in [-0.25, -0.2) is 0 Å². The lowest BCUT2D eigenvalue weighted by Crippen LogP contribution is -1.87. The Morgan fingerprint density at radius 1 is 0.500 bits per heavy atom. The molecule has 0 saturated carbocycles. The summed E-state index contributed by atoms with van der Waals surface area (Å²) in [5.74, 6) is 0. The molecule has 0 unspecified atom stereocenters. The average Bonchev–Trinajstić information content (AvgIpc) is 3.19. The molecule has 7 aromatic rings. The van der Waals surface area contributed by atoms with E-state index in [0.29, 0.717) is 5.56 Å². The van der Waals surface area contributed by atoms with E-state index in [9.17, 15) is 5.26 Å². The molecular weight excluding hydrogens is 412 g/mol. The Balaban J connectivity index is 1.51. The van der Waals surface area contributed by atoms with Crippen LogP contribution in [-0.4, -0.2) is 4.57 Å². The normalized spacial score (nSPS) is 11.6. The van der Waals surface area contributed by atoms with Gasteiger partial charge in [-0.1, -0.05) is 72.8 Å². The Hall–Kier alpha value is -4.61. The lowest BCUT2D eigenvalue weighted by molar-refractivity contribution is 1.01. The molecule has 1 aromatic heterocycles. The number of rotatable bonds is 1. The van der Waals surface area contributed by atoms with E-state index in [1.54, 1.807) is 0 Å². The molecule has 0 spiro atoms. The van der Waals surface area contributed by atoms with Crippen LogP contribution in [0.4, 0.5) is 0 Å². The van der Waals surface area contributed by atoms with Gasteiger partial charge in [0, 0.05) is 23.3 Å². The number of benzene rings is 6. The first-order valence-electron chi connectivity index (χ1n) is 11.5. The first-order chi connectivity index (χ1) is 16.7. The van der Waals surface area contributed by atoms with E-state index in [-0.39, 0.29) is 0 Å². The molecule has 7 rings (SSSR count). The monoisotopic (exact) mass is 432 g/mol. The van der Waals surface area contributed by atoms with Crippen molar-refractivity contribution in [2.24, 2.45) is 7.05 Å². The summed E-state index contributed by atoms with van der Waals surface area (Å²) in [5.41, 5.74) is 5.35. The maximum Gasteiger partial charge on any atom is 0.0992 e. The molecule has 0 amide bonds.